The van der Waals surface area contributed by atoms with Crippen LogP contribution in [0.1, 0.15) is 232 Å². The SMILES string of the molecule is C#Cc1cc(C(=O)NC(Cc2cc(F)cc(F)c2)C(O)CN(CC)NC(=O)Cc2ccccc2)cc(C(=O)N(CCC)CCC)c1.C#Cc1cc(C(=O)NC(Cc2cc(F)cc(F)c2)C(O)CN(CCC)NC(=O)Cc2ccccc2)cc(C(=O)N(CCC)CCC)c1.C#Cc1cc(C(=O)NC(Cc2cc(F)cc(F)c2)C(O)CN(CCCC)NC(=O)Cc2ccccc2)cc(C(=O)N(CCC)CCC)c1. The number of nitrogens with zero attached hydrogens (tertiary/aromatic N) is 6. The molecule has 24 nitrogen and oxygen atoms in total. The summed E-state index contributed by atoms with van der Waals surface area (Å²) < 4.78 is 84.7. The summed E-state index contributed by atoms with van der Waals surface area (Å²) in [4.78, 5) is 125. The lowest BCUT2D eigenvalue weighted by Gasteiger charge is -2.30. The maximum absolute atomic E-state index is 14.2. The smallest absolute Gasteiger partial charge is 0.253 e. The Bertz CT molecular complexity index is 5650. The van der Waals surface area contributed by atoms with Gasteiger partial charge in [0, 0.05) is 147 Å². The van der Waals surface area contributed by atoms with E-state index >= 15 is 0 Å². The average Bonchev–Trinajstić information content (AvgIpc) is 0.822. The standard InChI is InChI=1S/C38H46F2N4O4.C37H44F2N4O4.C36H42F2N4O4/c1-5-9-17-44(42-36(46)23-28-13-11-10-12-14-28)26-35(45)34(22-29-20-32(39)25-33(40)21-29)41-37(47)30-18-27(8-4)19-31(24-30)38(48)43(15-6-2)16-7-3;1-5-14-42(15-6-2)37(47)30-18-26(8-4)17-29(23-30)36(46)40-33(21-28-19-31(38)24-32(39)20-28)34(44)25-43(16-7-3)41-35(45)22-27-12-10-9-11-13-27;1-5-14-41(15-6-2)36(46)29-17-25(7-3)16-28(22-29)35(45)39-32(20-27-18-30(37)23-31(38)19-27)33(43)24-42(8-4)40-34(44)21-26-12-10-9-11-13-26/h4,10-14,18-21,24-25,34-35,45H,5-7,9,15-17,22-23,26H2,1-3H3,(H,41,47)(H,42,46);4,9-13,17-20,23-24,33-34,44H,5-7,14-16,21-22,25H2,1-3H3,(H,40,46)(H,41,45);3,9-13,16-19,22-23,32-33,43H,5-6,8,14-15,20-21,24H2,1-2,4H3,(H,39,45)(H,40,44). The lowest BCUT2D eigenvalue weighted by atomic mass is 9.99. The Balaban J connectivity index is 0.000000287. The Hall–Kier alpha value is -13.8. The Labute approximate surface area is 824 Å². The fourth-order valence-corrected chi connectivity index (χ4v) is 15.9. The van der Waals surface area contributed by atoms with Crippen molar-refractivity contribution in [3.8, 4) is 37.0 Å². The third-order valence-corrected chi connectivity index (χ3v) is 22.5. The first-order chi connectivity index (χ1) is 67.7. The molecule has 0 aliphatic carbocycles. The second-order valence-corrected chi connectivity index (χ2v) is 34.5. The van der Waals surface area contributed by atoms with Gasteiger partial charge < -0.3 is 46.0 Å². The first kappa shape index (κ1) is 114. The van der Waals surface area contributed by atoms with Crippen molar-refractivity contribution in [2.75, 3.05) is 78.5 Å². The molecule has 0 saturated heterocycles. The van der Waals surface area contributed by atoms with Crippen LogP contribution in [-0.4, -0.2) is 213 Å². The van der Waals surface area contributed by atoms with Crippen molar-refractivity contribution in [2.24, 2.45) is 0 Å². The van der Waals surface area contributed by atoms with Crippen molar-refractivity contribution in [3.63, 3.8) is 0 Å². The molecule has 0 spiro atoms. The number of aliphatic hydroxyl groups is 3. The predicted octanol–water partition coefficient (Wildman–Crippen LogP) is 14.7. The molecule has 0 fully saturated rings. The number of terminal acetylenes is 3. The zero-order valence-electron chi connectivity index (χ0n) is 81.8. The van der Waals surface area contributed by atoms with E-state index in [1.807, 2.05) is 146 Å². The van der Waals surface area contributed by atoms with Crippen LogP contribution in [0.3, 0.4) is 0 Å². The topological polar surface area (TPSA) is 306 Å². The van der Waals surface area contributed by atoms with Gasteiger partial charge in [-0.15, -0.1) is 19.3 Å². The van der Waals surface area contributed by atoms with Crippen molar-refractivity contribution >= 4 is 53.2 Å². The number of carbonyl (C=O) groups is 9. The van der Waals surface area contributed by atoms with Gasteiger partial charge in [-0.1, -0.05) is 177 Å². The van der Waals surface area contributed by atoms with Crippen LogP contribution in [0.5, 0.6) is 0 Å². The Morgan fingerprint density at radius 2 is 0.539 bits per heavy atom. The summed E-state index contributed by atoms with van der Waals surface area (Å²) in [6.45, 7) is 21.7. The highest BCUT2D eigenvalue weighted by atomic mass is 19.2. The van der Waals surface area contributed by atoms with Gasteiger partial charge in [0.1, 0.15) is 34.9 Å². The van der Waals surface area contributed by atoms with Crippen LogP contribution in [-0.2, 0) is 52.9 Å². The highest BCUT2D eigenvalue weighted by Gasteiger charge is 2.32. The minimum absolute atomic E-state index is 0.0829. The van der Waals surface area contributed by atoms with E-state index in [-0.39, 0.29) is 144 Å². The van der Waals surface area contributed by atoms with E-state index < -0.39 is 89.1 Å². The van der Waals surface area contributed by atoms with Crippen LogP contribution in [0.4, 0.5) is 26.3 Å². The number of hydrogen-bond donors (Lipinski definition) is 9. The van der Waals surface area contributed by atoms with Gasteiger partial charge in [0.15, 0.2) is 0 Å². The summed E-state index contributed by atoms with van der Waals surface area (Å²) in [7, 11) is 0. The summed E-state index contributed by atoms with van der Waals surface area (Å²) >= 11 is 0. The molecule has 750 valence electrons. The molecule has 9 aromatic rings. The molecule has 141 heavy (non-hydrogen) atoms. The van der Waals surface area contributed by atoms with E-state index in [4.69, 9.17) is 19.3 Å². The minimum atomic E-state index is -1.28. The number of hydrazine groups is 3. The van der Waals surface area contributed by atoms with E-state index in [0.29, 0.717) is 88.4 Å². The number of benzene rings is 9. The number of unbranched alkanes of at least 4 members (excludes halogenated alkanes) is 1. The summed E-state index contributed by atoms with van der Waals surface area (Å²) in [5, 5.41) is 47.4. The second kappa shape index (κ2) is 60.3. The maximum Gasteiger partial charge on any atom is 0.253 e. The lowest BCUT2D eigenvalue weighted by Crippen LogP contribution is -2.53. The number of halogens is 6. The second-order valence-electron chi connectivity index (χ2n) is 34.5. The number of hydrogen-bond acceptors (Lipinski definition) is 15. The fraction of sp³-hybridized carbons (Fsp3) is 0.378. The number of nitrogens with one attached hydrogen (secondary N) is 6. The molecule has 0 radical (unpaired) electrons. The molecule has 9 N–H and O–H groups in total. The Morgan fingerprint density at radius 3 is 0.780 bits per heavy atom. The van der Waals surface area contributed by atoms with E-state index in [1.165, 1.54) is 41.4 Å². The van der Waals surface area contributed by atoms with Crippen LogP contribution in [0.15, 0.2) is 200 Å². The summed E-state index contributed by atoms with van der Waals surface area (Å²) in [5.41, 5.74) is 13.6. The molecule has 9 rings (SSSR count). The van der Waals surface area contributed by atoms with Gasteiger partial charge in [0.05, 0.1) is 55.7 Å². The van der Waals surface area contributed by atoms with Crippen molar-refractivity contribution in [1.82, 2.24) is 62.0 Å². The van der Waals surface area contributed by atoms with Crippen molar-refractivity contribution < 1.29 is 84.8 Å². The normalized spacial score (nSPS) is 12.2. The van der Waals surface area contributed by atoms with Gasteiger partial charge in [0.25, 0.3) is 35.4 Å². The molecule has 0 aliphatic rings. The molecule has 9 amide bonds. The summed E-state index contributed by atoms with van der Waals surface area (Å²) in [6.07, 6.45) is 19.9. The van der Waals surface area contributed by atoms with Crippen molar-refractivity contribution in [1.29, 1.82) is 0 Å². The molecular formula is C111H132F6N12O12. The first-order valence-corrected chi connectivity index (χ1v) is 48.0. The van der Waals surface area contributed by atoms with Gasteiger partial charge >= 0.3 is 0 Å². The van der Waals surface area contributed by atoms with E-state index in [2.05, 4.69) is 50.0 Å². The molecule has 0 bridgehead atoms. The number of rotatable bonds is 51. The van der Waals surface area contributed by atoms with Crippen LogP contribution in [0.2, 0.25) is 0 Å². The zero-order valence-corrected chi connectivity index (χ0v) is 81.8. The van der Waals surface area contributed by atoms with E-state index in [1.54, 1.807) is 49.8 Å². The van der Waals surface area contributed by atoms with Gasteiger partial charge in [-0.05, 0) is 195 Å². The number of carbonyl (C=O) groups excluding carboxylic acids is 9. The van der Waals surface area contributed by atoms with Gasteiger partial charge in [-0.2, -0.15) is 0 Å². The largest absolute Gasteiger partial charge is 0.390 e. The van der Waals surface area contributed by atoms with Gasteiger partial charge in [0.2, 0.25) is 17.7 Å². The molecular weight excluding hydrogens is 1810 g/mol. The molecule has 0 aliphatic heterocycles. The monoisotopic (exact) mass is 1940 g/mol. The molecule has 0 heterocycles. The highest BCUT2D eigenvalue weighted by molar-refractivity contribution is 6.03. The lowest BCUT2D eigenvalue weighted by molar-refractivity contribution is -0.127. The number of aliphatic hydroxyl groups excluding tert-OH is 3. The third kappa shape index (κ3) is 39.1. The fourth-order valence-electron chi connectivity index (χ4n) is 15.9. The van der Waals surface area contributed by atoms with E-state index in [0.717, 1.165) is 116 Å². The van der Waals surface area contributed by atoms with Crippen molar-refractivity contribution in [2.45, 2.75) is 195 Å². The molecule has 6 unspecified atom stereocenters. The van der Waals surface area contributed by atoms with Crippen LogP contribution in [0.25, 0.3) is 0 Å². The molecule has 0 aromatic heterocycles. The Kier molecular flexibility index (Phi) is 48.8. The minimum Gasteiger partial charge on any atom is -0.390 e. The van der Waals surface area contributed by atoms with Gasteiger partial charge in [-0.25, -0.2) is 41.4 Å². The molecule has 0 saturated carbocycles. The van der Waals surface area contributed by atoms with Crippen LogP contribution in [0, 0.1) is 71.9 Å². The van der Waals surface area contributed by atoms with Crippen molar-refractivity contribution in [3.05, 3.63) is 319 Å². The maximum atomic E-state index is 14.2. The van der Waals surface area contributed by atoms with Gasteiger partial charge in [-0.3, -0.25) is 59.4 Å². The first-order valence-electron chi connectivity index (χ1n) is 48.0. The highest BCUT2D eigenvalue weighted by Crippen LogP contribution is 2.24. The Morgan fingerprint density at radius 1 is 0.298 bits per heavy atom. The predicted molar refractivity (Wildman–Crippen MR) is 535 cm³/mol. The number of likely N-dealkylation sites (N-methyl/N-ethyl adjacent to an activating group) is 1. The molecule has 9 aromatic carbocycles. The zero-order chi connectivity index (χ0) is 103. The number of amides is 9. The van der Waals surface area contributed by atoms with Crippen LogP contribution < -0.4 is 32.2 Å². The van der Waals surface area contributed by atoms with E-state index in [9.17, 15) is 84.8 Å². The molecule has 30 heteroatoms. The third-order valence-electron chi connectivity index (χ3n) is 22.5. The molecule has 6 atom stereocenters. The summed E-state index contributed by atoms with van der Waals surface area (Å²) in [6, 6.07) is 46.9. The summed E-state index contributed by atoms with van der Waals surface area (Å²) in [5.74, 6) is -0.833. The quantitative estimate of drug-likeness (QED) is 0.00972. The average molecular weight is 1940 g/mol. The van der Waals surface area contributed by atoms with Crippen LogP contribution >= 0.6 is 0 Å².